The number of aromatic nitrogens is 3. The molecule has 0 spiro atoms. The monoisotopic (exact) mass is 322 g/mol. The van der Waals surface area contributed by atoms with Gasteiger partial charge in [-0.05, 0) is 6.92 Å². The van der Waals surface area contributed by atoms with E-state index in [2.05, 4.69) is 15.1 Å². The summed E-state index contributed by atoms with van der Waals surface area (Å²) in [5, 5.41) is 6.95. The molecule has 0 bridgehead atoms. The molecular weight excluding hydrogens is 300 g/mol. The molecule has 1 amide bonds. The quantitative estimate of drug-likeness (QED) is 0.846. The average Bonchev–Trinajstić information content (AvgIpc) is 3.04. The van der Waals surface area contributed by atoms with Gasteiger partial charge in [-0.3, -0.25) is 4.79 Å². The Balaban J connectivity index is 1.85. The summed E-state index contributed by atoms with van der Waals surface area (Å²) in [5.41, 5.74) is 0.775. The van der Waals surface area contributed by atoms with Crippen LogP contribution in [0.3, 0.4) is 0 Å². The standard InChI is InChI=1S/C15H22N4O2S/c1-10-16-11(9-22-10)8-19(5)13(20)7-6-12-17-14(18-21-12)15(2,3)4/h9H,6-8H2,1-5H3. The van der Waals surface area contributed by atoms with E-state index in [1.807, 2.05) is 33.1 Å². The predicted octanol–water partition coefficient (Wildman–Crippen LogP) is 2.72. The number of thiazole rings is 1. The van der Waals surface area contributed by atoms with Crippen molar-refractivity contribution in [2.24, 2.45) is 0 Å². The van der Waals surface area contributed by atoms with Crippen molar-refractivity contribution in [2.75, 3.05) is 7.05 Å². The van der Waals surface area contributed by atoms with Gasteiger partial charge in [0.05, 0.1) is 17.2 Å². The van der Waals surface area contributed by atoms with E-state index in [1.54, 1.807) is 23.3 Å². The van der Waals surface area contributed by atoms with Crippen molar-refractivity contribution in [1.82, 2.24) is 20.0 Å². The van der Waals surface area contributed by atoms with Crippen LogP contribution >= 0.6 is 11.3 Å². The van der Waals surface area contributed by atoms with Gasteiger partial charge < -0.3 is 9.42 Å². The Morgan fingerprint density at radius 3 is 2.64 bits per heavy atom. The molecule has 7 heteroatoms. The van der Waals surface area contributed by atoms with E-state index < -0.39 is 0 Å². The highest BCUT2D eigenvalue weighted by atomic mass is 32.1. The highest BCUT2D eigenvalue weighted by molar-refractivity contribution is 7.09. The molecule has 6 nitrogen and oxygen atoms in total. The minimum absolute atomic E-state index is 0.0427. The molecule has 0 atom stereocenters. The largest absolute Gasteiger partial charge is 0.340 e. The van der Waals surface area contributed by atoms with Gasteiger partial charge in [-0.2, -0.15) is 4.98 Å². The fourth-order valence-corrected chi connectivity index (χ4v) is 2.48. The van der Waals surface area contributed by atoms with Gasteiger partial charge in [0.2, 0.25) is 11.8 Å². The second kappa shape index (κ2) is 6.56. The van der Waals surface area contributed by atoms with Crippen LogP contribution in [0, 0.1) is 6.92 Å². The summed E-state index contributed by atoms with van der Waals surface area (Å²) in [5.74, 6) is 1.22. The Hall–Kier alpha value is -1.76. The lowest BCUT2D eigenvalue weighted by atomic mass is 9.96. The summed E-state index contributed by atoms with van der Waals surface area (Å²) in [6.45, 7) is 8.56. The van der Waals surface area contributed by atoms with Crippen molar-refractivity contribution < 1.29 is 9.32 Å². The molecule has 2 aromatic rings. The third kappa shape index (κ3) is 4.37. The molecule has 2 heterocycles. The van der Waals surface area contributed by atoms with E-state index in [9.17, 15) is 4.79 Å². The number of aryl methyl sites for hydroxylation is 2. The van der Waals surface area contributed by atoms with Gasteiger partial charge in [0.1, 0.15) is 0 Å². The molecule has 0 fully saturated rings. The van der Waals surface area contributed by atoms with Crippen LogP contribution < -0.4 is 0 Å². The van der Waals surface area contributed by atoms with Crippen molar-refractivity contribution in [3.63, 3.8) is 0 Å². The molecule has 0 saturated carbocycles. The maximum absolute atomic E-state index is 12.1. The first kappa shape index (κ1) is 16.6. The normalized spacial score (nSPS) is 11.7. The minimum Gasteiger partial charge on any atom is -0.340 e. The number of carbonyl (C=O) groups is 1. The highest BCUT2D eigenvalue weighted by Crippen LogP contribution is 2.19. The van der Waals surface area contributed by atoms with Crippen molar-refractivity contribution in [2.45, 2.75) is 52.5 Å². The van der Waals surface area contributed by atoms with Crippen LogP contribution in [0.4, 0.5) is 0 Å². The number of carbonyl (C=O) groups excluding carboxylic acids is 1. The molecule has 0 saturated heterocycles. The molecule has 0 aliphatic rings. The Morgan fingerprint density at radius 1 is 1.36 bits per heavy atom. The van der Waals surface area contributed by atoms with Gasteiger partial charge in [-0.1, -0.05) is 25.9 Å². The second-order valence-corrected chi connectivity index (χ2v) is 7.43. The zero-order chi connectivity index (χ0) is 16.3. The Morgan fingerprint density at radius 2 is 2.09 bits per heavy atom. The van der Waals surface area contributed by atoms with Gasteiger partial charge >= 0.3 is 0 Å². The first-order valence-corrected chi connectivity index (χ1v) is 8.11. The fourth-order valence-electron chi connectivity index (χ4n) is 1.88. The molecule has 0 radical (unpaired) electrons. The second-order valence-electron chi connectivity index (χ2n) is 6.37. The highest BCUT2D eigenvalue weighted by Gasteiger charge is 2.21. The van der Waals surface area contributed by atoms with E-state index in [0.717, 1.165) is 10.7 Å². The zero-order valence-electron chi connectivity index (χ0n) is 13.7. The molecule has 0 aromatic carbocycles. The van der Waals surface area contributed by atoms with E-state index in [4.69, 9.17) is 4.52 Å². The number of nitrogens with zero attached hydrogens (tertiary/aromatic N) is 4. The fraction of sp³-hybridized carbons (Fsp3) is 0.600. The molecule has 22 heavy (non-hydrogen) atoms. The minimum atomic E-state index is -0.148. The molecule has 0 aliphatic heterocycles. The topological polar surface area (TPSA) is 72.1 Å². The lowest BCUT2D eigenvalue weighted by Gasteiger charge is -2.15. The lowest BCUT2D eigenvalue weighted by molar-refractivity contribution is -0.130. The maximum Gasteiger partial charge on any atom is 0.227 e. The Bertz CT molecular complexity index is 642. The van der Waals surface area contributed by atoms with Crippen LogP contribution in [-0.2, 0) is 23.2 Å². The molecule has 0 N–H and O–H groups in total. The smallest absolute Gasteiger partial charge is 0.227 e. The predicted molar refractivity (Wildman–Crippen MR) is 84.6 cm³/mol. The SMILES string of the molecule is Cc1nc(CN(C)C(=O)CCc2nc(C(C)(C)C)no2)cs1. The van der Waals surface area contributed by atoms with Crippen molar-refractivity contribution in [3.8, 4) is 0 Å². The van der Waals surface area contributed by atoms with Crippen LogP contribution in [0.1, 0.15) is 49.6 Å². The molecule has 2 aromatic heterocycles. The summed E-state index contributed by atoms with van der Waals surface area (Å²) in [6, 6.07) is 0. The summed E-state index contributed by atoms with van der Waals surface area (Å²) in [7, 11) is 1.78. The summed E-state index contributed by atoms with van der Waals surface area (Å²) >= 11 is 1.59. The van der Waals surface area contributed by atoms with Crippen LogP contribution in [0.2, 0.25) is 0 Å². The first-order valence-electron chi connectivity index (χ1n) is 7.24. The van der Waals surface area contributed by atoms with E-state index in [1.165, 1.54) is 0 Å². The van der Waals surface area contributed by atoms with Crippen LogP contribution in [0.25, 0.3) is 0 Å². The Labute approximate surface area is 134 Å². The van der Waals surface area contributed by atoms with Gasteiger partial charge in [0.25, 0.3) is 0 Å². The summed E-state index contributed by atoms with van der Waals surface area (Å²) < 4.78 is 5.20. The third-order valence-corrected chi connectivity index (χ3v) is 4.01. The van der Waals surface area contributed by atoms with Gasteiger partial charge in [0, 0.05) is 30.7 Å². The van der Waals surface area contributed by atoms with E-state index in [-0.39, 0.29) is 11.3 Å². The third-order valence-electron chi connectivity index (χ3n) is 3.18. The summed E-state index contributed by atoms with van der Waals surface area (Å²) in [6.07, 6.45) is 0.813. The zero-order valence-corrected chi connectivity index (χ0v) is 14.5. The lowest BCUT2D eigenvalue weighted by Crippen LogP contribution is -2.26. The van der Waals surface area contributed by atoms with Crippen LogP contribution in [0.15, 0.2) is 9.90 Å². The van der Waals surface area contributed by atoms with Crippen LogP contribution in [0.5, 0.6) is 0 Å². The average molecular weight is 322 g/mol. The molecule has 2 rings (SSSR count). The van der Waals surface area contributed by atoms with Gasteiger partial charge in [0.15, 0.2) is 5.82 Å². The number of rotatable bonds is 5. The number of amides is 1. The van der Waals surface area contributed by atoms with Crippen molar-refractivity contribution in [3.05, 3.63) is 27.8 Å². The first-order chi connectivity index (χ1) is 10.3. The summed E-state index contributed by atoms with van der Waals surface area (Å²) in [4.78, 5) is 22.5. The van der Waals surface area contributed by atoms with E-state index >= 15 is 0 Å². The van der Waals surface area contributed by atoms with Crippen molar-refractivity contribution >= 4 is 17.2 Å². The van der Waals surface area contributed by atoms with Crippen LogP contribution in [-0.4, -0.2) is 33.0 Å². The number of hydrogen-bond donors (Lipinski definition) is 0. The molecule has 0 unspecified atom stereocenters. The molecule has 120 valence electrons. The van der Waals surface area contributed by atoms with Crippen molar-refractivity contribution in [1.29, 1.82) is 0 Å². The van der Waals surface area contributed by atoms with E-state index in [0.29, 0.717) is 31.1 Å². The van der Waals surface area contributed by atoms with Gasteiger partial charge in [-0.15, -0.1) is 11.3 Å². The molecule has 0 aliphatic carbocycles. The van der Waals surface area contributed by atoms with Gasteiger partial charge in [-0.25, -0.2) is 4.98 Å². The maximum atomic E-state index is 12.1. The number of hydrogen-bond acceptors (Lipinski definition) is 6. The molecular formula is C15H22N4O2S. The Kier molecular flexibility index (Phi) is 4.95.